The fourth-order valence-electron chi connectivity index (χ4n) is 1.49. The highest BCUT2D eigenvalue weighted by Crippen LogP contribution is 2.20. The maximum Gasteiger partial charge on any atom is 0.241 e. The quantitative estimate of drug-likeness (QED) is 0.495. The van der Waals surface area contributed by atoms with Crippen LogP contribution in [0.3, 0.4) is 0 Å². The average molecular weight is 252 g/mol. The fourth-order valence-corrected chi connectivity index (χ4v) is 1.49. The fraction of sp³-hybridized carbons (Fsp3) is 0.545. The number of nitrogens with zero attached hydrogens (tertiary/aromatic N) is 3. The Morgan fingerprint density at radius 3 is 2.61 bits per heavy atom. The van der Waals surface area contributed by atoms with Gasteiger partial charge >= 0.3 is 0 Å². The number of hydrogen-bond acceptors (Lipinski definition) is 6. The Kier molecular flexibility index (Phi) is 5.31. The van der Waals surface area contributed by atoms with Gasteiger partial charge in [-0.15, -0.1) is 0 Å². The third-order valence-corrected chi connectivity index (χ3v) is 2.49. The molecule has 1 rings (SSSR count). The van der Waals surface area contributed by atoms with E-state index in [-0.39, 0.29) is 12.5 Å². The van der Waals surface area contributed by atoms with Crippen molar-refractivity contribution in [3.8, 4) is 0 Å². The van der Waals surface area contributed by atoms with Gasteiger partial charge in [-0.3, -0.25) is 4.79 Å². The van der Waals surface area contributed by atoms with Gasteiger partial charge in [0.25, 0.3) is 0 Å². The number of anilines is 2. The molecule has 7 nitrogen and oxygen atoms in total. The van der Waals surface area contributed by atoms with Crippen molar-refractivity contribution < 1.29 is 4.79 Å². The zero-order valence-corrected chi connectivity index (χ0v) is 11.0. The van der Waals surface area contributed by atoms with Crippen molar-refractivity contribution in [3.63, 3.8) is 0 Å². The summed E-state index contributed by atoms with van der Waals surface area (Å²) in [6.45, 7) is 2.26. The molecule has 1 aromatic rings. The highest BCUT2D eigenvalue weighted by molar-refractivity contribution is 5.80. The van der Waals surface area contributed by atoms with Crippen LogP contribution in [0.1, 0.15) is 18.9 Å². The summed E-state index contributed by atoms with van der Waals surface area (Å²) in [5, 5.41) is 3.02. The average Bonchev–Trinajstić information content (AvgIpc) is 2.37. The maximum atomic E-state index is 11.5. The van der Waals surface area contributed by atoms with Gasteiger partial charge in [0.1, 0.15) is 18.0 Å². The number of aromatic nitrogens is 2. The number of carbonyl (C=O) groups excluding carboxylic acids is 1. The normalized spacial score (nSPS) is 10.0. The van der Waals surface area contributed by atoms with Gasteiger partial charge in [-0.05, 0) is 6.42 Å². The summed E-state index contributed by atoms with van der Waals surface area (Å²) < 4.78 is 0. The number of nitrogen functional groups attached to an aromatic ring is 1. The molecule has 7 heteroatoms. The molecule has 100 valence electrons. The molecule has 0 bridgehead atoms. The molecule has 0 spiro atoms. The van der Waals surface area contributed by atoms with Crippen LogP contribution >= 0.6 is 0 Å². The van der Waals surface area contributed by atoms with Crippen LogP contribution in [0.5, 0.6) is 0 Å². The SMILES string of the molecule is CCCc1c(NN)ncnc1NCC(=O)N(C)C. The van der Waals surface area contributed by atoms with Crippen LogP contribution in [0.4, 0.5) is 11.6 Å². The first-order valence-electron chi connectivity index (χ1n) is 5.84. The molecule has 1 amide bonds. The Bertz CT molecular complexity index is 407. The standard InChI is InChI=1S/C11H20N6O/c1-4-5-8-10(13-6-9(18)17(2)3)14-7-15-11(8)16-12/h7H,4-6,12H2,1-3H3,(H2,13,14,15,16). The molecule has 1 heterocycles. The number of nitrogens with one attached hydrogen (secondary N) is 2. The minimum absolute atomic E-state index is 0.0154. The van der Waals surface area contributed by atoms with Crippen molar-refractivity contribution in [1.82, 2.24) is 14.9 Å². The van der Waals surface area contributed by atoms with Gasteiger partial charge in [-0.25, -0.2) is 15.8 Å². The summed E-state index contributed by atoms with van der Waals surface area (Å²) in [7, 11) is 3.42. The predicted octanol–water partition coefficient (Wildman–Crippen LogP) is 0.215. The minimum atomic E-state index is -0.0154. The molecule has 0 aliphatic carbocycles. The number of amides is 1. The third kappa shape index (κ3) is 3.56. The van der Waals surface area contributed by atoms with E-state index in [0.717, 1.165) is 18.4 Å². The van der Waals surface area contributed by atoms with E-state index in [1.165, 1.54) is 11.2 Å². The largest absolute Gasteiger partial charge is 0.361 e. The van der Waals surface area contributed by atoms with Gasteiger partial charge in [-0.2, -0.15) is 0 Å². The Morgan fingerprint density at radius 1 is 1.39 bits per heavy atom. The number of rotatable bonds is 6. The Labute approximate surface area is 107 Å². The summed E-state index contributed by atoms with van der Waals surface area (Å²) in [4.78, 5) is 21.2. The van der Waals surface area contributed by atoms with E-state index >= 15 is 0 Å². The van der Waals surface area contributed by atoms with Crippen molar-refractivity contribution in [2.45, 2.75) is 19.8 Å². The summed E-state index contributed by atoms with van der Waals surface area (Å²) in [6.07, 6.45) is 3.15. The maximum absolute atomic E-state index is 11.5. The third-order valence-electron chi connectivity index (χ3n) is 2.49. The summed E-state index contributed by atoms with van der Waals surface area (Å²) >= 11 is 0. The Hall–Kier alpha value is -1.89. The predicted molar refractivity (Wildman–Crippen MR) is 71.0 cm³/mol. The topological polar surface area (TPSA) is 96.2 Å². The van der Waals surface area contributed by atoms with Crippen LogP contribution < -0.4 is 16.6 Å². The highest BCUT2D eigenvalue weighted by atomic mass is 16.2. The molecule has 0 aromatic carbocycles. The van der Waals surface area contributed by atoms with Crippen LogP contribution in [0, 0.1) is 0 Å². The molecule has 4 N–H and O–H groups in total. The van der Waals surface area contributed by atoms with Crippen molar-refractivity contribution in [2.24, 2.45) is 5.84 Å². The lowest BCUT2D eigenvalue weighted by atomic mass is 10.1. The van der Waals surface area contributed by atoms with Gasteiger partial charge in [0, 0.05) is 19.7 Å². The Morgan fingerprint density at radius 2 is 2.06 bits per heavy atom. The van der Waals surface area contributed by atoms with Gasteiger partial charge in [-0.1, -0.05) is 13.3 Å². The number of carbonyl (C=O) groups is 1. The number of hydrazine groups is 1. The number of nitrogens with two attached hydrogens (primary N) is 1. The molecule has 1 aromatic heterocycles. The highest BCUT2D eigenvalue weighted by Gasteiger charge is 2.11. The van der Waals surface area contributed by atoms with Crippen molar-refractivity contribution in [2.75, 3.05) is 31.4 Å². The molecule has 0 aliphatic heterocycles. The van der Waals surface area contributed by atoms with Crippen LogP contribution in [-0.2, 0) is 11.2 Å². The van der Waals surface area contributed by atoms with Gasteiger partial charge in [0.05, 0.1) is 6.54 Å². The van der Waals surface area contributed by atoms with Gasteiger partial charge < -0.3 is 15.6 Å². The Balaban J connectivity index is 2.84. The second-order valence-electron chi connectivity index (χ2n) is 4.09. The van der Waals surface area contributed by atoms with E-state index < -0.39 is 0 Å². The number of likely N-dealkylation sites (N-methyl/N-ethyl adjacent to an activating group) is 1. The van der Waals surface area contributed by atoms with Crippen molar-refractivity contribution >= 4 is 17.5 Å². The molecule has 0 saturated carbocycles. The molecular weight excluding hydrogens is 232 g/mol. The summed E-state index contributed by atoms with van der Waals surface area (Å²) in [5.74, 6) is 6.63. The first-order valence-corrected chi connectivity index (χ1v) is 5.84. The molecule has 0 atom stereocenters. The lowest BCUT2D eigenvalue weighted by molar-refractivity contribution is -0.126. The van der Waals surface area contributed by atoms with Crippen LogP contribution in [0.15, 0.2) is 6.33 Å². The molecule has 0 unspecified atom stereocenters. The number of hydrogen-bond donors (Lipinski definition) is 3. The van der Waals surface area contributed by atoms with Gasteiger partial charge in [0.15, 0.2) is 0 Å². The zero-order valence-electron chi connectivity index (χ0n) is 11.0. The van der Waals surface area contributed by atoms with E-state index in [9.17, 15) is 4.79 Å². The summed E-state index contributed by atoms with van der Waals surface area (Å²) in [6, 6.07) is 0. The monoisotopic (exact) mass is 252 g/mol. The second-order valence-corrected chi connectivity index (χ2v) is 4.09. The van der Waals surface area contributed by atoms with Crippen molar-refractivity contribution in [1.29, 1.82) is 0 Å². The zero-order chi connectivity index (χ0) is 13.5. The van der Waals surface area contributed by atoms with E-state index in [1.807, 2.05) is 0 Å². The molecule has 18 heavy (non-hydrogen) atoms. The minimum Gasteiger partial charge on any atom is -0.361 e. The molecule has 0 radical (unpaired) electrons. The van der Waals surface area contributed by atoms with E-state index in [1.54, 1.807) is 14.1 Å². The lowest BCUT2D eigenvalue weighted by Crippen LogP contribution is -2.29. The van der Waals surface area contributed by atoms with E-state index in [2.05, 4.69) is 27.6 Å². The van der Waals surface area contributed by atoms with E-state index in [0.29, 0.717) is 11.6 Å². The van der Waals surface area contributed by atoms with Crippen LogP contribution in [0.2, 0.25) is 0 Å². The first kappa shape index (κ1) is 14.2. The smallest absolute Gasteiger partial charge is 0.241 e. The van der Waals surface area contributed by atoms with Gasteiger partial charge in [0.2, 0.25) is 5.91 Å². The lowest BCUT2D eigenvalue weighted by Gasteiger charge is -2.15. The molecule has 0 saturated heterocycles. The first-order chi connectivity index (χ1) is 8.60. The van der Waals surface area contributed by atoms with Crippen LogP contribution in [-0.4, -0.2) is 41.4 Å². The molecule has 0 aliphatic rings. The van der Waals surface area contributed by atoms with Crippen LogP contribution in [0.25, 0.3) is 0 Å². The van der Waals surface area contributed by atoms with E-state index in [4.69, 9.17) is 5.84 Å². The van der Waals surface area contributed by atoms with Crippen molar-refractivity contribution in [3.05, 3.63) is 11.9 Å². The second kappa shape index (κ2) is 6.75. The summed E-state index contributed by atoms with van der Waals surface area (Å²) in [5.41, 5.74) is 3.44. The molecular formula is C11H20N6O. The molecule has 0 fully saturated rings.